The minimum atomic E-state index is -0.527. The van der Waals surface area contributed by atoms with Crippen LogP contribution in [0.5, 0.6) is 5.75 Å². The van der Waals surface area contributed by atoms with Gasteiger partial charge in [-0.25, -0.2) is 9.37 Å². The molecule has 1 atom stereocenters. The predicted octanol–water partition coefficient (Wildman–Crippen LogP) is 1.20. The Labute approximate surface area is 143 Å². The summed E-state index contributed by atoms with van der Waals surface area (Å²) in [6.45, 7) is 2.32. The number of aryl methyl sites for hydroxylation is 1. The molecule has 1 aromatic heterocycles. The molecule has 1 aliphatic rings. The standard InChI is InChI=1S/C17H18FN3O4/c1-11-19-13(8-16(22)20-11)14-9-24-7-6-21(14)17(23)10-25-15-5-3-2-4-12(15)18/h2-5,8,14H,6-7,9-10H2,1H3,(H,19,20,22)/t14-/m0/s1. The van der Waals surface area contributed by atoms with Crippen molar-refractivity contribution in [1.29, 1.82) is 0 Å². The minimum Gasteiger partial charge on any atom is -0.481 e. The molecule has 3 rings (SSSR count). The lowest BCUT2D eigenvalue weighted by Gasteiger charge is -2.35. The Kier molecular flexibility index (Phi) is 5.08. The first-order valence-electron chi connectivity index (χ1n) is 7.87. The first kappa shape index (κ1) is 17.1. The van der Waals surface area contributed by atoms with Crippen LogP contribution < -0.4 is 10.3 Å². The van der Waals surface area contributed by atoms with Crippen LogP contribution in [0.25, 0.3) is 0 Å². The summed E-state index contributed by atoms with van der Waals surface area (Å²) in [5, 5.41) is 0. The molecule has 2 aromatic rings. The highest BCUT2D eigenvalue weighted by atomic mass is 19.1. The Bertz CT molecular complexity index is 824. The highest BCUT2D eigenvalue weighted by molar-refractivity contribution is 5.78. The van der Waals surface area contributed by atoms with Crippen molar-refractivity contribution < 1.29 is 18.7 Å². The predicted molar refractivity (Wildman–Crippen MR) is 86.8 cm³/mol. The average Bonchev–Trinajstić information content (AvgIpc) is 2.60. The molecule has 0 saturated carbocycles. The molecule has 1 amide bonds. The van der Waals surface area contributed by atoms with Crippen molar-refractivity contribution >= 4 is 5.91 Å². The van der Waals surface area contributed by atoms with Gasteiger partial charge >= 0.3 is 0 Å². The quantitative estimate of drug-likeness (QED) is 0.898. The number of amides is 1. The van der Waals surface area contributed by atoms with Gasteiger partial charge < -0.3 is 19.4 Å². The minimum absolute atomic E-state index is 0.0192. The summed E-state index contributed by atoms with van der Waals surface area (Å²) in [7, 11) is 0. The van der Waals surface area contributed by atoms with Crippen LogP contribution in [-0.4, -0.2) is 47.1 Å². The van der Waals surface area contributed by atoms with Gasteiger partial charge in [0.1, 0.15) is 5.82 Å². The average molecular weight is 347 g/mol. The number of hydrogen-bond acceptors (Lipinski definition) is 5. The van der Waals surface area contributed by atoms with Crippen LogP contribution in [0, 0.1) is 12.7 Å². The Morgan fingerprint density at radius 1 is 1.48 bits per heavy atom. The summed E-state index contributed by atoms with van der Waals surface area (Å²) in [4.78, 5) is 32.6. The number of aromatic nitrogens is 2. The van der Waals surface area contributed by atoms with Crippen LogP contribution in [-0.2, 0) is 9.53 Å². The summed E-state index contributed by atoms with van der Waals surface area (Å²) >= 11 is 0. The molecule has 0 spiro atoms. The van der Waals surface area contributed by atoms with E-state index in [1.807, 2.05) is 0 Å². The van der Waals surface area contributed by atoms with E-state index in [4.69, 9.17) is 9.47 Å². The van der Waals surface area contributed by atoms with Crippen LogP contribution in [0.1, 0.15) is 17.6 Å². The number of benzene rings is 1. The second-order valence-corrected chi connectivity index (χ2v) is 5.65. The highest BCUT2D eigenvalue weighted by Gasteiger charge is 2.30. The molecule has 2 heterocycles. The number of morpholine rings is 1. The number of carbonyl (C=O) groups is 1. The summed E-state index contributed by atoms with van der Waals surface area (Å²) < 4.78 is 24.3. The lowest BCUT2D eigenvalue weighted by molar-refractivity contribution is -0.142. The van der Waals surface area contributed by atoms with E-state index in [1.54, 1.807) is 24.0 Å². The van der Waals surface area contributed by atoms with Gasteiger partial charge in [-0.15, -0.1) is 0 Å². The van der Waals surface area contributed by atoms with Gasteiger partial charge in [-0.2, -0.15) is 0 Å². The number of nitrogens with zero attached hydrogens (tertiary/aromatic N) is 2. The van der Waals surface area contributed by atoms with Gasteiger partial charge in [-0.3, -0.25) is 9.59 Å². The smallest absolute Gasteiger partial charge is 0.261 e. The molecule has 1 fully saturated rings. The normalized spacial score (nSPS) is 17.4. The van der Waals surface area contributed by atoms with E-state index < -0.39 is 11.9 Å². The molecule has 0 radical (unpaired) electrons. The van der Waals surface area contributed by atoms with Crippen molar-refractivity contribution in [3.05, 3.63) is 58.0 Å². The summed E-state index contributed by atoms with van der Waals surface area (Å²) in [6, 6.07) is 6.77. The van der Waals surface area contributed by atoms with E-state index in [1.165, 1.54) is 18.2 Å². The lowest BCUT2D eigenvalue weighted by Crippen LogP contribution is -2.46. The van der Waals surface area contributed by atoms with Gasteiger partial charge in [-0.05, 0) is 19.1 Å². The number of aromatic amines is 1. The Morgan fingerprint density at radius 3 is 3.04 bits per heavy atom. The van der Waals surface area contributed by atoms with Crippen LogP contribution >= 0.6 is 0 Å². The first-order valence-corrected chi connectivity index (χ1v) is 7.87. The van der Waals surface area contributed by atoms with Gasteiger partial charge in [-0.1, -0.05) is 12.1 Å². The molecule has 1 N–H and O–H groups in total. The first-order chi connectivity index (χ1) is 12.0. The largest absolute Gasteiger partial charge is 0.481 e. The molecule has 1 saturated heterocycles. The number of para-hydroxylation sites is 1. The number of rotatable bonds is 4. The monoisotopic (exact) mass is 347 g/mol. The fourth-order valence-corrected chi connectivity index (χ4v) is 2.70. The molecule has 25 heavy (non-hydrogen) atoms. The summed E-state index contributed by atoms with van der Waals surface area (Å²) in [6.07, 6.45) is 0. The number of halogens is 1. The second kappa shape index (κ2) is 7.43. The maximum atomic E-state index is 13.6. The van der Waals surface area contributed by atoms with Crippen molar-refractivity contribution in [2.75, 3.05) is 26.4 Å². The van der Waals surface area contributed by atoms with Crippen molar-refractivity contribution in [1.82, 2.24) is 14.9 Å². The van der Waals surface area contributed by atoms with Crippen LogP contribution in [0.15, 0.2) is 35.1 Å². The van der Waals surface area contributed by atoms with E-state index in [0.29, 0.717) is 24.7 Å². The Morgan fingerprint density at radius 2 is 2.28 bits per heavy atom. The van der Waals surface area contributed by atoms with Crippen LogP contribution in [0.2, 0.25) is 0 Å². The van der Waals surface area contributed by atoms with E-state index in [2.05, 4.69) is 9.97 Å². The van der Waals surface area contributed by atoms with Gasteiger partial charge in [0, 0.05) is 12.6 Å². The molecule has 0 unspecified atom stereocenters. The number of carbonyl (C=O) groups excluding carboxylic acids is 1. The topological polar surface area (TPSA) is 84.5 Å². The third kappa shape index (κ3) is 4.03. The maximum absolute atomic E-state index is 13.6. The second-order valence-electron chi connectivity index (χ2n) is 5.65. The molecular formula is C17H18FN3O4. The zero-order valence-corrected chi connectivity index (χ0v) is 13.7. The van der Waals surface area contributed by atoms with E-state index >= 15 is 0 Å². The van der Waals surface area contributed by atoms with Gasteiger partial charge in [0.25, 0.3) is 11.5 Å². The van der Waals surface area contributed by atoms with E-state index in [-0.39, 0.29) is 30.4 Å². The van der Waals surface area contributed by atoms with Crippen molar-refractivity contribution in [3.8, 4) is 5.75 Å². The molecule has 1 aromatic carbocycles. The molecule has 1 aliphatic heterocycles. The molecule has 0 bridgehead atoms. The van der Waals surface area contributed by atoms with Crippen LogP contribution in [0.3, 0.4) is 0 Å². The lowest BCUT2D eigenvalue weighted by atomic mass is 10.1. The highest BCUT2D eigenvalue weighted by Crippen LogP contribution is 2.23. The van der Waals surface area contributed by atoms with E-state index in [9.17, 15) is 14.0 Å². The number of nitrogens with one attached hydrogen (secondary N) is 1. The van der Waals surface area contributed by atoms with Crippen molar-refractivity contribution in [2.24, 2.45) is 0 Å². The fourth-order valence-electron chi connectivity index (χ4n) is 2.70. The van der Waals surface area contributed by atoms with Gasteiger partial charge in [0.15, 0.2) is 18.2 Å². The zero-order chi connectivity index (χ0) is 17.8. The number of hydrogen-bond donors (Lipinski definition) is 1. The number of ether oxygens (including phenoxy) is 2. The van der Waals surface area contributed by atoms with Gasteiger partial charge in [0.2, 0.25) is 0 Å². The molecular weight excluding hydrogens is 329 g/mol. The summed E-state index contributed by atoms with van der Waals surface area (Å²) in [5.41, 5.74) is 0.170. The molecule has 132 valence electrons. The third-order valence-corrected chi connectivity index (χ3v) is 3.86. The van der Waals surface area contributed by atoms with E-state index in [0.717, 1.165) is 0 Å². The Hall–Kier alpha value is -2.74. The zero-order valence-electron chi connectivity index (χ0n) is 13.7. The molecule has 7 nitrogen and oxygen atoms in total. The van der Waals surface area contributed by atoms with Gasteiger partial charge in [0.05, 0.1) is 24.9 Å². The SMILES string of the molecule is Cc1nc([C@@H]2COCCN2C(=O)COc2ccccc2F)cc(=O)[nH]1. The third-order valence-electron chi connectivity index (χ3n) is 3.86. The summed E-state index contributed by atoms with van der Waals surface area (Å²) in [5.74, 6) is -0.370. The maximum Gasteiger partial charge on any atom is 0.261 e. The van der Waals surface area contributed by atoms with Crippen molar-refractivity contribution in [2.45, 2.75) is 13.0 Å². The molecule has 8 heteroatoms. The number of H-pyrrole nitrogens is 1. The van der Waals surface area contributed by atoms with Crippen LogP contribution in [0.4, 0.5) is 4.39 Å². The molecule has 0 aliphatic carbocycles. The Balaban J connectivity index is 1.75. The van der Waals surface area contributed by atoms with Crippen molar-refractivity contribution in [3.63, 3.8) is 0 Å². The fraction of sp³-hybridized carbons (Fsp3) is 0.353.